The predicted molar refractivity (Wildman–Crippen MR) is 81.8 cm³/mol. The SMILES string of the molecule is CCN(CC)c1nc(Cl)nc(Sc2nc(N)cc(=O)[nH]2)n1. The van der Waals surface area contributed by atoms with Crippen LogP contribution in [-0.2, 0) is 0 Å². The Bertz CT molecular complexity index is 689. The largest absolute Gasteiger partial charge is 0.383 e. The van der Waals surface area contributed by atoms with Gasteiger partial charge in [0, 0.05) is 19.2 Å². The summed E-state index contributed by atoms with van der Waals surface area (Å²) in [6.07, 6.45) is 0. The number of aromatic nitrogens is 5. The minimum absolute atomic E-state index is 0.0839. The van der Waals surface area contributed by atoms with Crippen molar-refractivity contribution in [2.75, 3.05) is 23.7 Å². The van der Waals surface area contributed by atoms with E-state index in [1.165, 1.54) is 6.07 Å². The van der Waals surface area contributed by atoms with Gasteiger partial charge in [-0.3, -0.25) is 4.79 Å². The first kappa shape index (κ1) is 15.5. The Hall–Kier alpha value is -1.87. The molecular formula is C11H14ClN7OS. The van der Waals surface area contributed by atoms with Gasteiger partial charge >= 0.3 is 0 Å². The molecule has 112 valence electrons. The molecule has 0 aromatic carbocycles. The quantitative estimate of drug-likeness (QED) is 0.787. The third-order valence-corrected chi connectivity index (χ3v) is 3.47. The molecule has 0 atom stereocenters. The molecule has 0 aliphatic heterocycles. The van der Waals surface area contributed by atoms with Gasteiger partial charge < -0.3 is 15.6 Å². The number of nitrogens with one attached hydrogen (secondary N) is 1. The summed E-state index contributed by atoms with van der Waals surface area (Å²) in [7, 11) is 0. The van der Waals surface area contributed by atoms with E-state index in [4.69, 9.17) is 17.3 Å². The van der Waals surface area contributed by atoms with Gasteiger partial charge in [-0.2, -0.15) is 15.0 Å². The van der Waals surface area contributed by atoms with Crippen molar-refractivity contribution in [2.45, 2.75) is 24.2 Å². The van der Waals surface area contributed by atoms with Crippen molar-refractivity contribution in [3.63, 3.8) is 0 Å². The van der Waals surface area contributed by atoms with Crippen molar-refractivity contribution in [3.8, 4) is 0 Å². The van der Waals surface area contributed by atoms with E-state index in [-0.39, 0.29) is 16.7 Å². The highest BCUT2D eigenvalue weighted by atomic mass is 35.5. The summed E-state index contributed by atoms with van der Waals surface area (Å²) < 4.78 is 0. The zero-order valence-electron chi connectivity index (χ0n) is 11.5. The standard InChI is InChI=1S/C11H14ClN7OS/c1-3-19(4-2)9-16-8(12)17-11(18-9)21-10-14-6(13)5-7(20)15-10/h5H,3-4H2,1-2H3,(H3,13,14,15,20). The Balaban J connectivity index is 2.33. The van der Waals surface area contributed by atoms with Crippen LogP contribution >= 0.6 is 23.4 Å². The van der Waals surface area contributed by atoms with Crippen molar-refractivity contribution in [1.82, 2.24) is 24.9 Å². The first-order chi connectivity index (χ1) is 10.0. The number of nitrogens with two attached hydrogens (primary N) is 1. The van der Waals surface area contributed by atoms with Gasteiger partial charge in [-0.1, -0.05) is 0 Å². The fourth-order valence-electron chi connectivity index (χ4n) is 1.60. The maximum atomic E-state index is 11.4. The second-order valence-electron chi connectivity index (χ2n) is 3.94. The highest BCUT2D eigenvalue weighted by Crippen LogP contribution is 2.23. The van der Waals surface area contributed by atoms with Gasteiger partial charge in [-0.25, -0.2) is 4.98 Å². The molecule has 0 unspecified atom stereocenters. The average molecular weight is 328 g/mol. The Morgan fingerprint density at radius 2 is 2.00 bits per heavy atom. The molecule has 0 bridgehead atoms. The molecule has 21 heavy (non-hydrogen) atoms. The molecule has 0 radical (unpaired) electrons. The molecule has 0 fully saturated rings. The lowest BCUT2D eigenvalue weighted by Crippen LogP contribution is -2.24. The summed E-state index contributed by atoms with van der Waals surface area (Å²) >= 11 is 6.98. The normalized spacial score (nSPS) is 10.6. The molecule has 10 heteroatoms. The van der Waals surface area contributed by atoms with Crippen molar-refractivity contribution >= 4 is 35.1 Å². The predicted octanol–water partition coefficient (Wildman–Crippen LogP) is 1.19. The number of nitrogen functional groups attached to an aromatic ring is 1. The number of hydrogen-bond donors (Lipinski definition) is 2. The number of halogens is 1. The topological polar surface area (TPSA) is 114 Å². The van der Waals surface area contributed by atoms with Crippen LogP contribution in [0.3, 0.4) is 0 Å². The third-order valence-electron chi connectivity index (χ3n) is 2.55. The number of hydrogen-bond acceptors (Lipinski definition) is 8. The van der Waals surface area contributed by atoms with Crippen LogP contribution in [0.25, 0.3) is 0 Å². The van der Waals surface area contributed by atoms with E-state index in [2.05, 4.69) is 24.9 Å². The molecule has 0 amide bonds. The second kappa shape index (κ2) is 6.72. The number of aromatic amines is 1. The molecule has 8 nitrogen and oxygen atoms in total. The lowest BCUT2D eigenvalue weighted by molar-refractivity contribution is 0.780. The summed E-state index contributed by atoms with van der Waals surface area (Å²) in [4.78, 5) is 32.3. The van der Waals surface area contributed by atoms with Crippen LogP contribution in [0.15, 0.2) is 21.2 Å². The van der Waals surface area contributed by atoms with Crippen LogP contribution in [0, 0.1) is 0 Å². The Kier molecular flexibility index (Phi) is 4.97. The lowest BCUT2D eigenvalue weighted by atomic mass is 10.5. The van der Waals surface area contributed by atoms with E-state index in [1.54, 1.807) is 0 Å². The van der Waals surface area contributed by atoms with Gasteiger partial charge in [0.1, 0.15) is 5.82 Å². The minimum atomic E-state index is -0.339. The molecule has 0 spiro atoms. The molecule has 2 aromatic rings. The Morgan fingerprint density at radius 1 is 1.29 bits per heavy atom. The van der Waals surface area contributed by atoms with Crippen molar-refractivity contribution in [3.05, 3.63) is 21.7 Å². The van der Waals surface area contributed by atoms with Gasteiger partial charge in [0.2, 0.25) is 16.4 Å². The number of H-pyrrole nitrogens is 1. The Labute approximate surface area is 130 Å². The maximum absolute atomic E-state index is 11.4. The van der Waals surface area contributed by atoms with Crippen LogP contribution in [-0.4, -0.2) is 38.0 Å². The molecule has 2 rings (SSSR count). The maximum Gasteiger partial charge on any atom is 0.253 e. The molecule has 0 aliphatic rings. The summed E-state index contributed by atoms with van der Waals surface area (Å²) in [6, 6.07) is 1.20. The molecule has 0 saturated carbocycles. The highest BCUT2D eigenvalue weighted by Gasteiger charge is 2.12. The van der Waals surface area contributed by atoms with Crippen LogP contribution < -0.4 is 16.2 Å². The van der Waals surface area contributed by atoms with E-state index in [9.17, 15) is 4.79 Å². The average Bonchev–Trinajstić information content (AvgIpc) is 2.38. The lowest BCUT2D eigenvalue weighted by Gasteiger charge is -2.18. The van der Waals surface area contributed by atoms with Gasteiger partial charge in [0.05, 0.1) is 0 Å². The highest BCUT2D eigenvalue weighted by molar-refractivity contribution is 7.99. The van der Waals surface area contributed by atoms with Crippen molar-refractivity contribution in [2.24, 2.45) is 0 Å². The van der Waals surface area contributed by atoms with E-state index in [0.717, 1.165) is 24.9 Å². The van der Waals surface area contributed by atoms with Crippen LogP contribution in [0.2, 0.25) is 5.28 Å². The van der Waals surface area contributed by atoms with Gasteiger partial charge in [0.25, 0.3) is 5.56 Å². The second-order valence-corrected chi connectivity index (χ2v) is 5.23. The smallest absolute Gasteiger partial charge is 0.253 e. The first-order valence-electron chi connectivity index (χ1n) is 6.23. The fraction of sp³-hybridized carbons (Fsp3) is 0.364. The zero-order valence-corrected chi connectivity index (χ0v) is 13.1. The molecule has 2 aromatic heterocycles. The van der Waals surface area contributed by atoms with Gasteiger partial charge in [-0.05, 0) is 37.2 Å². The number of anilines is 2. The molecule has 0 aliphatic carbocycles. The third kappa shape index (κ3) is 4.05. The zero-order chi connectivity index (χ0) is 15.4. The Morgan fingerprint density at radius 3 is 2.62 bits per heavy atom. The minimum Gasteiger partial charge on any atom is -0.383 e. The first-order valence-corrected chi connectivity index (χ1v) is 7.42. The fourth-order valence-corrected chi connectivity index (χ4v) is 2.54. The summed E-state index contributed by atoms with van der Waals surface area (Å²) in [5.74, 6) is 0.610. The van der Waals surface area contributed by atoms with E-state index in [1.807, 2.05) is 18.7 Å². The van der Waals surface area contributed by atoms with Crippen molar-refractivity contribution in [1.29, 1.82) is 0 Å². The van der Waals surface area contributed by atoms with Gasteiger partial charge in [-0.15, -0.1) is 0 Å². The summed E-state index contributed by atoms with van der Waals surface area (Å²) in [6.45, 7) is 5.47. The monoisotopic (exact) mass is 327 g/mol. The summed E-state index contributed by atoms with van der Waals surface area (Å²) in [5.41, 5.74) is 5.19. The van der Waals surface area contributed by atoms with Crippen LogP contribution in [0.1, 0.15) is 13.8 Å². The van der Waals surface area contributed by atoms with Gasteiger partial charge in [0.15, 0.2) is 5.16 Å². The van der Waals surface area contributed by atoms with Crippen LogP contribution in [0.4, 0.5) is 11.8 Å². The van der Waals surface area contributed by atoms with E-state index < -0.39 is 0 Å². The van der Waals surface area contributed by atoms with E-state index >= 15 is 0 Å². The van der Waals surface area contributed by atoms with Crippen LogP contribution in [0.5, 0.6) is 0 Å². The van der Waals surface area contributed by atoms with Crippen molar-refractivity contribution < 1.29 is 0 Å². The molecule has 0 saturated heterocycles. The summed E-state index contributed by atoms with van der Waals surface area (Å²) in [5, 5.41) is 0.721. The van der Waals surface area contributed by atoms with E-state index in [0.29, 0.717) is 16.3 Å². The molecular weight excluding hydrogens is 314 g/mol. The number of nitrogens with zero attached hydrogens (tertiary/aromatic N) is 5. The molecule has 2 heterocycles. The number of rotatable bonds is 5. The molecule has 3 N–H and O–H groups in total.